The molecule has 0 aliphatic rings. The summed E-state index contributed by atoms with van der Waals surface area (Å²) in [4.78, 5) is 2.28. The minimum Gasteiger partial charge on any atom is -0.299 e. The zero-order valence-corrected chi connectivity index (χ0v) is 11.7. The Balaban J connectivity index is 2.72. The van der Waals surface area contributed by atoms with Crippen molar-refractivity contribution in [1.82, 2.24) is 4.90 Å². The van der Waals surface area contributed by atoms with Gasteiger partial charge in [-0.05, 0) is 43.7 Å². The van der Waals surface area contributed by atoms with Crippen LogP contribution in [-0.4, -0.2) is 18.0 Å². The van der Waals surface area contributed by atoms with Gasteiger partial charge in [-0.1, -0.05) is 29.8 Å². The van der Waals surface area contributed by atoms with Crippen LogP contribution in [0.4, 0.5) is 4.39 Å². The Morgan fingerprint density at radius 2 is 1.88 bits per heavy atom. The van der Waals surface area contributed by atoms with Crippen molar-refractivity contribution in [2.75, 3.05) is 7.05 Å². The fourth-order valence-corrected chi connectivity index (χ4v) is 2.54. The highest BCUT2D eigenvalue weighted by Crippen LogP contribution is 2.17. The van der Waals surface area contributed by atoms with Crippen LogP contribution in [0.5, 0.6) is 0 Å². The quantitative estimate of drug-likeness (QED) is 0.784. The van der Waals surface area contributed by atoms with Crippen LogP contribution in [0.25, 0.3) is 0 Å². The second-order valence-electron chi connectivity index (χ2n) is 4.16. The Bertz CT molecular complexity index is 316. The van der Waals surface area contributed by atoms with Gasteiger partial charge in [0.05, 0.1) is 0 Å². The van der Waals surface area contributed by atoms with Gasteiger partial charge < -0.3 is 0 Å². The monoisotopic (exact) mass is 287 g/mol. The Morgan fingerprint density at radius 1 is 1.25 bits per heavy atom. The van der Waals surface area contributed by atoms with E-state index in [2.05, 4.69) is 41.7 Å². The first-order chi connectivity index (χ1) is 7.56. The Kier molecular flexibility index (Phi) is 5.42. The maximum Gasteiger partial charge on any atom is 0.124 e. The number of nitrogens with zero attached hydrogens (tertiary/aromatic N) is 1. The lowest BCUT2D eigenvalue weighted by molar-refractivity contribution is 0.221. The van der Waals surface area contributed by atoms with Gasteiger partial charge in [-0.15, -0.1) is 0 Å². The maximum atomic E-state index is 13.2. The van der Waals surface area contributed by atoms with Crippen LogP contribution < -0.4 is 0 Å². The molecule has 0 amide bonds. The van der Waals surface area contributed by atoms with Gasteiger partial charge in [0, 0.05) is 17.1 Å². The van der Waals surface area contributed by atoms with Crippen LogP contribution >= 0.6 is 15.9 Å². The third-order valence-electron chi connectivity index (χ3n) is 2.92. The molecule has 1 aromatic carbocycles. The lowest BCUT2D eigenvalue weighted by Crippen LogP contribution is -2.29. The molecule has 0 spiro atoms. The SMILES string of the molecule is CCC(CC)N(C)Cc1cc(F)cc(Br)c1. The lowest BCUT2D eigenvalue weighted by Gasteiger charge is -2.26. The molecular weight excluding hydrogens is 269 g/mol. The molecule has 0 saturated heterocycles. The summed E-state index contributed by atoms with van der Waals surface area (Å²) >= 11 is 3.32. The standard InChI is InChI=1S/C13H19BrFN/c1-4-13(5-2)16(3)9-10-6-11(14)8-12(15)7-10/h6-8,13H,4-5,9H2,1-3H3. The van der Waals surface area contributed by atoms with Crippen molar-refractivity contribution in [2.45, 2.75) is 39.3 Å². The summed E-state index contributed by atoms with van der Waals surface area (Å²) in [6.07, 6.45) is 2.26. The van der Waals surface area contributed by atoms with E-state index in [4.69, 9.17) is 0 Å². The predicted molar refractivity (Wildman–Crippen MR) is 69.9 cm³/mol. The fraction of sp³-hybridized carbons (Fsp3) is 0.538. The molecule has 0 aromatic heterocycles. The van der Waals surface area contributed by atoms with Gasteiger partial charge in [0.2, 0.25) is 0 Å². The Morgan fingerprint density at radius 3 is 2.38 bits per heavy atom. The van der Waals surface area contributed by atoms with Crippen molar-refractivity contribution in [1.29, 1.82) is 0 Å². The molecule has 16 heavy (non-hydrogen) atoms. The third-order valence-corrected chi connectivity index (χ3v) is 3.38. The minimum atomic E-state index is -0.178. The van der Waals surface area contributed by atoms with E-state index < -0.39 is 0 Å². The first-order valence-electron chi connectivity index (χ1n) is 5.72. The highest BCUT2D eigenvalue weighted by atomic mass is 79.9. The summed E-state index contributed by atoms with van der Waals surface area (Å²) in [5, 5.41) is 0. The summed E-state index contributed by atoms with van der Waals surface area (Å²) in [6.45, 7) is 5.17. The summed E-state index contributed by atoms with van der Waals surface area (Å²) in [5.41, 5.74) is 1.02. The number of hydrogen-bond acceptors (Lipinski definition) is 1. The van der Waals surface area contributed by atoms with Crippen molar-refractivity contribution < 1.29 is 4.39 Å². The minimum absolute atomic E-state index is 0.178. The van der Waals surface area contributed by atoms with Crippen molar-refractivity contribution in [2.24, 2.45) is 0 Å². The highest BCUT2D eigenvalue weighted by Gasteiger charge is 2.11. The van der Waals surface area contributed by atoms with Gasteiger partial charge >= 0.3 is 0 Å². The summed E-state index contributed by atoms with van der Waals surface area (Å²) in [7, 11) is 2.09. The average molecular weight is 288 g/mol. The molecular formula is C13H19BrFN. The smallest absolute Gasteiger partial charge is 0.124 e. The Labute approximate surface area is 106 Å². The second-order valence-corrected chi connectivity index (χ2v) is 5.08. The van der Waals surface area contributed by atoms with Crippen LogP contribution in [-0.2, 0) is 6.54 Å². The zero-order valence-electron chi connectivity index (χ0n) is 10.1. The highest BCUT2D eigenvalue weighted by molar-refractivity contribution is 9.10. The molecule has 90 valence electrons. The lowest BCUT2D eigenvalue weighted by atomic mass is 10.1. The van der Waals surface area contributed by atoms with Crippen molar-refractivity contribution in [3.8, 4) is 0 Å². The molecule has 1 aromatic rings. The van der Waals surface area contributed by atoms with E-state index in [1.54, 1.807) is 6.07 Å². The predicted octanol–water partition coefficient (Wildman–Crippen LogP) is 4.21. The molecule has 0 radical (unpaired) electrons. The molecule has 0 aliphatic heterocycles. The van der Waals surface area contributed by atoms with Crippen LogP contribution in [0.1, 0.15) is 32.3 Å². The summed E-state index contributed by atoms with van der Waals surface area (Å²) in [5.74, 6) is -0.178. The first kappa shape index (κ1) is 13.7. The number of benzene rings is 1. The molecule has 0 atom stereocenters. The maximum absolute atomic E-state index is 13.2. The molecule has 3 heteroatoms. The number of rotatable bonds is 5. The van der Waals surface area contributed by atoms with Gasteiger partial charge in [0.15, 0.2) is 0 Å². The normalized spacial score (nSPS) is 11.4. The largest absolute Gasteiger partial charge is 0.299 e. The van der Waals surface area contributed by atoms with E-state index in [1.807, 2.05) is 6.07 Å². The molecule has 0 N–H and O–H groups in total. The third kappa shape index (κ3) is 3.87. The molecule has 0 bridgehead atoms. The van der Waals surface area contributed by atoms with Gasteiger partial charge in [-0.3, -0.25) is 4.90 Å². The fourth-order valence-electron chi connectivity index (χ4n) is 2.03. The van der Waals surface area contributed by atoms with Crippen molar-refractivity contribution >= 4 is 15.9 Å². The van der Waals surface area contributed by atoms with Crippen molar-refractivity contribution in [3.05, 3.63) is 34.1 Å². The van der Waals surface area contributed by atoms with Crippen molar-refractivity contribution in [3.63, 3.8) is 0 Å². The Hall–Kier alpha value is -0.410. The topological polar surface area (TPSA) is 3.24 Å². The van der Waals surface area contributed by atoms with E-state index in [9.17, 15) is 4.39 Å². The van der Waals surface area contributed by atoms with Gasteiger partial charge in [0.1, 0.15) is 5.82 Å². The van der Waals surface area contributed by atoms with E-state index in [0.717, 1.165) is 29.4 Å². The van der Waals surface area contributed by atoms with Crippen LogP contribution in [0.2, 0.25) is 0 Å². The molecule has 1 nitrogen and oxygen atoms in total. The van der Waals surface area contributed by atoms with Gasteiger partial charge in [0.25, 0.3) is 0 Å². The van der Waals surface area contributed by atoms with Gasteiger partial charge in [-0.25, -0.2) is 4.39 Å². The van der Waals surface area contributed by atoms with Crippen LogP contribution in [0.15, 0.2) is 22.7 Å². The molecule has 0 fully saturated rings. The number of halogens is 2. The molecule has 0 saturated carbocycles. The molecule has 0 aliphatic carbocycles. The molecule has 0 unspecified atom stereocenters. The average Bonchev–Trinajstić information content (AvgIpc) is 2.17. The van der Waals surface area contributed by atoms with E-state index in [0.29, 0.717) is 6.04 Å². The van der Waals surface area contributed by atoms with Crippen LogP contribution in [0.3, 0.4) is 0 Å². The van der Waals surface area contributed by atoms with E-state index >= 15 is 0 Å². The molecule has 0 heterocycles. The van der Waals surface area contributed by atoms with E-state index in [1.165, 1.54) is 6.07 Å². The zero-order chi connectivity index (χ0) is 12.1. The first-order valence-corrected chi connectivity index (χ1v) is 6.51. The summed E-state index contributed by atoms with van der Waals surface area (Å²) in [6, 6.07) is 5.63. The van der Waals surface area contributed by atoms with Crippen LogP contribution in [0, 0.1) is 5.82 Å². The number of hydrogen-bond donors (Lipinski definition) is 0. The second kappa shape index (κ2) is 6.36. The van der Waals surface area contributed by atoms with E-state index in [-0.39, 0.29) is 5.82 Å². The summed E-state index contributed by atoms with van der Waals surface area (Å²) < 4.78 is 14.0. The van der Waals surface area contributed by atoms with Gasteiger partial charge in [-0.2, -0.15) is 0 Å². The molecule has 1 rings (SSSR count).